The maximum absolute atomic E-state index is 13.4. The molecule has 1 saturated carbocycles. The minimum Gasteiger partial charge on any atom is -0.420 e. The summed E-state index contributed by atoms with van der Waals surface area (Å²) in [5.74, 6) is 0.896. The van der Waals surface area contributed by atoms with Gasteiger partial charge in [-0.1, -0.05) is 11.2 Å². The van der Waals surface area contributed by atoms with Crippen LogP contribution in [-0.2, 0) is 10.0 Å². The third-order valence-corrected chi connectivity index (χ3v) is 8.43. The van der Waals surface area contributed by atoms with Gasteiger partial charge in [0.15, 0.2) is 5.76 Å². The molecule has 0 radical (unpaired) electrons. The van der Waals surface area contributed by atoms with E-state index in [1.807, 2.05) is 0 Å². The zero-order valence-corrected chi connectivity index (χ0v) is 17.4. The average Bonchev–Trinajstić information content (AvgIpc) is 3.04. The molecule has 3 heterocycles. The number of sulfonamides is 1. The quantitative estimate of drug-likeness (QED) is 0.622. The van der Waals surface area contributed by atoms with Crippen molar-refractivity contribution in [1.82, 2.24) is 19.7 Å². The topological polar surface area (TPSA) is 102 Å². The monoisotopic (exact) mass is 432 g/mol. The standard InChI is InChI=1S/C20H21FN4O4S/c1-12-17(13(2)29-24-12)30(26,27)25-8-6-20(7-9-25)11-16(20)19-23-22-18(28-19)14-4-3-5-15(21)10-14/h3-5,10,16H,6-9,11H2,1-2H3/t16-/m0/s1. The Morgan fingerprint density at radius 3 is 2.63 bits per heavy atom. The number of hydrogen-bond acceptors (Lipinski definition) is 7. The Bertz CT molecular complexity index is 1190. The first-order chi connectivity index (χ1) is 14.3. The van der Waals surface area contributed by atoms with Crippen molar-refractivity contribution in [2.75, 3.05) is 13.1 Å². The third kappa shape index (κ3) is 3.05. The molecule has 30 heavy (non-hydrogen) atoms. The second-order valence-corrected chi connectivity index (χ2v) is 10.0. The molecule has 1 saturated heterocycles. The highest BCUT2D eigenvalue weighted by Gasteiger charge is 2.59. The van der Waals surface area contributed by atoms with Gasteiger partial charge in [0.2, 0.25) is 21.8 Å². The highest BCUT2D eigenvalue weighted by molar-refractivity contribution is 7.89. The van der Waals surface area contributed by atoms with Crippen LogP contribution in [0.3, 0.4) is 0 Å². The Morgan fingerprint density at radius 1 is 1.20 bits per heavy atom. The smallest absolute Gasteiger partial charge is 0.248 e. The van der Waals surface area contributed by atoms with E-state index >= 15 is 0 Å². The van der Waals surface area contributed by atoms with Crippen LogP contribution >= 0.6 is 0 Å². The number of aryl methyl sites for hydroxylation is 2. The largest absolute Gasteiger partial charge is 0.420 e. The first kappa shape index (κ1) is 19.4. The van der Waals surface area contributed by atoms with Crippen molar-refractivity contribution in [3.8, 4) is 11.5 Å². The van der Waals surface area contributed by atoms with E-state index < -0.39 is 10.0 Å². The van der Waals surface area contributed by atoms with E-state index in [4.69, 9.17) is 8.94 Å². The average molecular weight is 432 g/mol. The number of benzene rings is 1. The van der Waals surface area contributed by atoms with Gasteiger partial charge >= 0.3 is 0 Å². The molecule has 2 fully saturated rings. The Hall–Kier alpha value is -2.59. The number of nitrogens with zero attached hydrogens (tertiary/aromatic N) is 4. The van der Waals surface area contributed by atoms with Gasteiger partial charge in [-0.2, -0.15) is 4.31 Å². The van der Waals surface area contributed by atoms with Crippen LogP contribution in [-0.4, -0.2) is 41.2 Å². The fraction of sp³-hybridized carbons (Fsp3) is 0.450. The van der Waals surface area contributed by atoms with Crippen LogP contribution in [0.25, 0.3) is 11.5 Å². The molecule has 1 atom stereocenters. The van der Waals surface area contributed by atoms with E-state index in [2.05, 4.69) is 15.4 Å². The van der Waals surface area contributed by atoms with Gasteiger partial charge < -0.3 is 8.94 Å². The SMILES string of the molecule is Cc1noc(C)c1S(=O)(=O)N1CCC2(CC1)C[C@H]2c1nnc(-c2cccc(F)c2)o1. The van der Waals surface area contributed by atoms with Crippen molar-refractivity contribution >= 4 is 10.0 Å². The summed E-state index contributed by atoms with van der Waals surface area (Å²) in [5, 5.41) is 12.0. The molecule has 0 amide bonds. The van der Waals surface area contributed by atoms with Gasteiger partial charge in [0.1, 0.15) is 16.4 Å². The molecule has 0 bridgehead atoms. The van der Waals surface area contributed by atoms with Crippen molar-refractivity contribution in [1.29, 1.82) is 0 Å². The van der Waals surface area contributed by atoms with Gasteiger partial charge in [0, 0.05) is 24.6 Å². The summed E-state index contributed by atoms with van der Waals surface area (Å²) in [4.78, 5) is 0.169. The first-order valence-electron chi connectivity index (χ1n) is 9.82. The minimum atomic E-state index is -3.63. The number of aromatic nitrogens is 3. The molecule has 2 aromatic heterocycles. The molecule has 158 valence electrons. The summed E-state index contributed by atoms with van der Waals surface area (Å²) in [7, 11) is -3.63. The van der Waals surface area contributed by atoms with Crippen molar-refractivity contribution in [3.63, 3.8) is 0 Å². The van der Waals surface area contributed by atoms with Crippen molar-refractivity contribution < 1.29 is 21.7 Å². The zero-order valence-electron chi connectivity index (χ0n) is 16.6. The maximum atomic E-state index is 13.4. The summed E-state index contributed by atoms with van der Waals surface area (Å²) >= 11 is 0. The predicted molar refractivity (Wildman–Crippen MR) is 103 cm³/mol. The molecule has 1 aliphatic carbocycles. The highest BCUT2D eigenvalue weighted by Crippen LogP contribution is 2.64. The lowest BCUT2D eigenvalue weighted by Gasteiger charge is -2.31. The van der Waals surface area contributed by atoms with Crippen molar-refractivity contribution in [3.05, 3.63) is 47.4 Å². The van der Waals surface area contributed by atoms with E-state index in [0.29, 0.717) is 41.9 Å². The Morgan fingerprint density at radius 2 is 1.97 bits per heavy atom. The summed E-state index contributed by atoms with van der Waals surface area (Å²) in [6.07, 6.45) is 2.33. The van der Waals surface area contributed by atoms with E-state index in [-0.39, 0.29) is 22.0 Å². The van der Waals surface area contributed by atoms with E-state index in [1.165, 1.54) is 16.4 Å². The number of halogens is 1. The van der Waals surface area contributed by atoms with Gasteiger partial charge in [0.05, 0.1) is 0 Å². The molecule has 10 heteroatoms. The summed E-state index contributed by atoms with van der Waals surface area (Å²) in [5.41, 5.74) is 0.910. The number of hydrogen-bond donors (Lipinski definition) is 0. The molecule has 3 aromatic rings. The molecule has 0 N–H and O–H groups in total. The second-order valence-electron chi connectivity index (χ2n) is 8.13. The molecular formula is C20H21FN4O4S. The van der Waals surface area contributed by atoms with Gasteiger partial charge in [-0.05, 0) is 56.7 Å². The molecule has 1 aliphatic heterocycles. The highest BCUT2D eigenvalue weighted by atomic mass is 32.2. The molecule has 2 aliphatic rings. The molecule has 1 spiro atoms. The third-order valence-electron chi connectivity index (χ3n) is 6.28. The Kier molecular flexibility index (Phi) is 4.33. The van der Waals surface area contributed by atoms with Gasteiger partial charge in [-0.15, -0.1) is 10.2 Å². The molecule has 5 rings (SSSR count). The molecule has 0 unspecified atom stereocenters. The van der Waals surface area contributed by atoms with Crippen LogP contribution < -0.4 is 0 Å². The summed E-state index contributed by atoms with van der Waals surface area (Å²) in [6, 6.07) is 6.04. The van der Waals surface area contributed by atoms with Crippen LogP contribution in [0.15, 0.2) is 38.1 Å². The molecule has 1 aromatic carbocycles. The van der Waals surface area contributed by atoms with Crippen molar-refractivity contribution in [2.24, 2.45) is 5.41 Å². The minimum absolute atomic E-state index is 0.0174. The van der Waals surface area contributed by atoms with Crippen LogP contribution in [0.4, 0.5) is 4.39 Å². The first-order valence-corrected chi connectivity index (χ1v) is 11.3. The van der Waals surface area contributed by atoms with E-state index in [1.54, 1.807) is 26.0 Å². The van der Waals surface area contributed by atoms with E-state index in [0.717, 1.165) is 19.3 Å². The molecular weight excluding hydrogens is 411 g/mol. The number of rotatable bonds is 4. The lowest BCUT2D eigenvalue weighted by atomic mass is 9.92. The fourth-order valence-corrected chi connectivity index (χ4v) is 6.24. The second kappa shape index (κ2) is 6.71. The lowest BCUT2D eigenvalue weighted by Crippen LogP contribution is -2.39. The fourth-order valence-electron chi connectivity index (χ4n) is 4.51. The Labute approximate surface area is 173 Å². The van der Waals surface area contributed by atoms with Crippen LogP contribution in [0.1, 0.15) is 42.5 Å². The van der Waals surface area contributed by atoms with Crippen LogP contribution in [0, 0.1) is 25.1 Å². The molecule has 8 nitrogen and oxygen atoms in total. The van der Waals surface area contributed by atoms with Gasteiger partial charge in [-0.25, -0.2) is 12.8 Å². The number of piperidine rings is 1. The maximum Gasteiger partial charge on any atom is 0.248 e. The van der Waals surface area contributed by atoms with Gasteiger partial charge in [-0.3, -0.25) is 0 Å². The van der Waals surface area contributed by atoms with Crippen molar-refractivity contribution in [2.45, 2.75) is 43.9 Å². The zero-order chi connectivity index (χ0) is 21.1. The normalized spacial score (nSPS) is 21.2. The van der Waals surface area contributed by atoms with E-state index in [9.17, 15) is 12.8 Å². The lowest BCUT2D eigenvalue weighted by molar-refractivity contribution is 0.246. The van der Waals surface area contributed by atoms with Crippen LogP contribution in [0.2, 0.25) is 0 Å². The summed E-state index contributed by atoms with van der Waals surface area (Å²) in [6.45, 7) is 4.10. The predicted octanol–water partition coefficient (Wildman–Crippen LogP) is 3.44. The summed E-state index contributed by atoms with van der Waals surface area (Å²) < 4.78 is 51.8. The van der Waals surface area contributed by atoms with Gasteiger partial charge in [0.25, 0.3) is 0 Å². The Balaban J connectivity index is 1.29. The van der Waals surface area contributed by atoms with Crippen LogP contribution in [0.5, 0.6) is 0 Å².